The van der Waals surface area contributed by atoms with Gasteiger partial charge in [0.05, 0.1) is 0 Å². The smallest absolute Gasteiger partial charge is 0.261 e. The highest BCUT2D eigenvalue weighted by Gasteiger charge is 2.21. The van der Waals surface area contributed by atoms with Gasteiger partial charge in [-0.05, 0) is 72.9 Å². The number of hydrogen-bond donors (Lipinski definition) is 1. The third-order valence-electron chi connectivity index (χ3n) is 6.30. The molecular formula is C26H32N2O3. The molecular weight excluding hydrogens is 388 g/mol. The van der Waals surface area contributed by atoms with Crippen molar-refractivity contribution in [2.45, 2.75) is 71.1 Å². The van der Waals surface area contributed by atoms with Crippen LogP contribution in [0.3, 0.4) is 0 Å². The van der Waals surface area contributed by atoms with Crippen molar-refractivity contribution in [3.63, 3.8) is 0 Å². The Morgan fingerprint density at radius 1 is 1.00 bits per heavy atom. The number of amides is 2. The second-order valence-electron chi connectivity index (χ2n) is 8.61. The maximum atomic E-state index is 12.7. The number of fused-ring (bicyclic) bond motifs is 1. The van der Waals surface area contributed by atoms with Crippen LogP contribution in [0.25, 0.3) is 0 Å². The summed E-state index contributed by atoms with van der Waals surface area (Å²) in [6.45, 7) is 3.94. The van der Waals surface area contributed by atoms with E-state index in [1.165, 1.54) is 24.0 Å². The van der Waals surface area contributed by atoms with Gasteiger partial charge in [0.1, 0.15) is 5.75 Å². The quantitative estimate of drug-likeness (QED) is 0.698. The van der Waals surface area contributed by atoms with E-state index in [4.69, 9.17) is 4.74 Å². The molecule has 1 heterocycles. The Morgan fingerprint density at radius 2 is 1.74 bits per heavy atom. The van der Waals surface area contributed by atoms with E-state index in [9.17, 15) is 9.59 Å². The molecule has 1 saturated heterocycles. The Labute approximate surface area is 184 Å². The fraction of sp³-hybridized carbons (Fsp3) is 0.462. The highest BCUT2D eigenvalue weighted by molar-refractivity contribution is 5.81. The zero-order valence-corrected chi connectivity index (χ0v) is 18.4. The number of carbonyl (C=O) groups excluding carboxylic acids is 2. The SMILES string of the molecule is CC[C@@H](Oc1ccc2c(c1)CCCC2)C(=O)NCc1ccc(CN2CCCC2=O)cc1. The molecule has 0 unspecified atom stereocenters. The topological polar surface area (TPSA) is 58.6 Å². The first-order valence-corrected chi connectivity index (χ1v) is 11.5. The van der Waals surface area contributed by atoms with Crippen LogP contribution in [-0.4, -0.2) is 29.4 Å². The predicted octanol–water partition coefficient (Wildman–Crippen LogP) is 4.16. The Hall–Kier alpha value is -2.82. The van der Waals surface area contributed by atoms with E-state index in [0.29, 0.717) is 25.9 Å². The number of nitrogens with one attached hydrogen (secondary N) is 1. The minimum absolute atomic E-state index is 0.0908. The maximum absolute atomic E-state index is 12.7. The van der Waals surface area contributed by atoms with Crippen molar-refractivity contribution >= 4 is 11.8 Å². The number of hydrogen-bond acceptors (Lipinski definition) is 3. The fourth-order valence-corrected chi connectivity index (χ4v) is 4.43. The van der Waals surface area contributed by atoms with Crippen LogP contribution in [-0.2, 0) is 35.5 Å². The largest absolute Gasteiger partial charge is 0.481 e. The monoisotopic (exact) mass is 420 g/mol. The predicted molar refractivity (Wildman–Crippen MR) is 121 cm³/mol. The first-order valence-electron chi connectivity index (χ1n) is 11.5. The number of rotatable bonds is 8. The van der Waals surface area contributed by atoms with E-state index in [2.05, 4.69) is 17.4 Å². The molecule has 1 atom stereocenters. The van der Waals surface area contributed by atoms with Crippen LogP contribution in [0.4, 0.5) is 0 Å². The van der Waals surface area contributed by atoms with Crippen LogP contribution < -0.4 is 10.1 Å². The average molecular weight is 421 g/mol. The summed E-state index contributed by atoms with van der Waals surface area (Å²) in [7, 11) is 0. The molecule has 2 aromatic rings. The van der Waals surface area contributed by atoms with Gasteiger partial charge in [-0.15, -0.1) is 0 Å². The van der Waals surface area contributed by atoms with Crippen molar-refractivity contribution in [1.82, 2.24) is 10.2 Å². The molecule has 1 fully saturated rings. The third-order valence-corrected chi connectivity index (χ3v) is 6.30. The van der Waals surface area contributed by atoms with E-state index in [1.54, 1.807) is 0 Å². The summed E-state index contributed by atoms with van der Waals surface area (Å²) in [5.41, 5.74) is 4.92. The minimum atomic E-state index is -0.498. The van der Waals surface area contributed by atoms with Gasteiger partial charge in [-0.25, -0.2) is 0 Å². The summed E-state index contributed by atoms with van der Waals surface area (Å²) < 4.78 is 6.03. The summed E-state index contributed by atoms with van der Waals surface area (Å²) >= 11 is 0. The van der Waals surface area contributed by atoms with Crippen molar-refractivity contribution in [3.05, 3.63) is 64.7 Å². The van der Waals surface area contributed by atoms with Gasteiger partial charge in [-0.3, -0.25) is 9.59 Å². The Kier molecular flexibility index (Phi) is 6.90. The molecule has 1 aliphatic heterocycles. The van der Waals surface area contributed by atoms with Gasteiger partial charge in [0.25, 0.3) is 5.91 Å². The highest BCUT2D eigenvalue weighted by Crippen LogP contribution is 2.26. The lowest BCUT2D eigenvalue weighted by atomic mass is 9.92. The average Bonchev–Trinajstić information content (AvgIpc) is 3.20. The molecule has 2 aromatic carbocycles. The molecule has 0 spiro atoms. The number of benzene rings is 2. The van der Waals surface area contributed by atoms with Gasteiger partial charge < -0.3 is 15.0 Å². The second-order valence-corrected chi connectivity index (χ2v) is 8.61. The first-order chi connectivity index (χ1) is 15.1. The van der Waals surface area contributed by atoms with E-state index < -0.39 is 6.10 Å². The molecule has 1 N–H and O–H groups in total. The van der Waals surface area contributed by atoms with Gasteiger partial charge in [-0.2, -0.15) is 0 Å². The third kappa shape index (κ3) is 5.46. The van der Waals surface area contributed by atoms with Crippen LogP contribution in [0.5, 0.6) is 5.75 Å². The molecule has 0 aromatic heterocycles. The van der Waals surface area contributed by atoms with Gasteiger partial charge in [0.15, 0.2) is 6.10 Å². The Balaban J connectivity index is 1.29. The van der Waals surface area contributed by atoms with Crippen molar-refractivity contribution < 1.29 is 14.3 Å². The number of ether oxygens (including phenoxy) is 1. The molecule has 164 valence electrons. The summed E-state index contributed by atoms with van der Waals surface area (Å²) in [5.74, 6) is 0.927. The van der Waals surface area contributed by atoms with Crippen molar-refractivity contribution in [1.29, 1.82) is 0 Å². The van der Waals surface area contributed by atoms with E-state index in [-0.39, 0.29) is 11.8 Å². The molecule has 4 rings (SSSR count). The van der Waals surface area contributed by atoms with Gasteiger partial charge in [0.2, 0.25) is 5.91 Å². The zero-order valence-electron chi connectivity index (χ0n) is 18.4. The van der Waals surface area contributed by atoms with Crippen LogP contribution in [0.15, 0.2) is 42.5 Å². The van der Waals surface area contributed by atoms with Gasteiger partial charge >= 0.3 is 0 Å². The summed E-state index contributed by atoms with van der Waals surface area (Å²) in [6.07, 6.45) is 6.45. The molecule has 5 nitrogen and oxygen atoms in total. The van der Waals surface area contributed by atoms with E-state index in [0.717, 1.165) is 42.7 Å². The molecule has 2 aliphatic rings. The molecule has 1 aliphatic carbocycles. The summed E-state index contributed by atoms with van der Waals surface area (Å²) in [4.78, 5) is 26.4. The second kappa shape index (κ2) is 9.99. The number of aryl methyl sites for hydroxylation is 2. The zero-order chi connectivity index (χ0) is 21.6. The van der Waals surface area contributed by atoms with Crippen molar-refractivity contribution in [2.24, 2.45) is 0 Å². The number of likely N-dealkylation sites (tertiary alicyclic amines) is 1. The standard InChI is InChI=1S/C26H32N2O3/c1-2-24(31-23-14-13-21-6-3-4-7-22(21)16-23)26(30)27-17-19-9-11-20(12-10-19)18-28-15-5-8-25(28)29/h9-14,16,24H,2-8,15,17-18H2,1H3,(H,27,30)/t24-/m1/s1. The van der Waals surface area contributed by atoms with Crippen LogP contribution in [0.2, 0.25) is 0 Å². The lowest BCUT2D eigenvalue weighted by molar-refractivity contribution is -0.129. The van der Waals surface area contributed by atoms with Gasteiger partial charge in [0, 0.05) is 26.1 Å². The van der Waals surface area contributed by atoms with E-state index >= 15 is 0 Å². The van der Waals surface area contributed by atoms with Crippen molar-refractivity contribution in [2.75, 3.05) is 6.54 Å². The van der Waals surface area contributed by atoms with Crippen LogP contribution in [0, 0.1) is 0 Å². The van der Waals surface area contributed by atoms with Crippen LogP contribution >= 0.6 is 0 Å². The van der Waals surface area contributed by atoms with Gasteiger partial charge in [-0.1, -0.05) is 37.3 Å². The maximum Gasteiger partial charge on any atom is 0.261 e. The minimum Gasteiger partial charge on any atom is -0.481 e. The molecule has 2 amide bonds. The van der Waals surface area contributed by atoms with Crippen LogP contribution in [0.1, 0.15) is 61.3 Å². The fourth-order valence-electron chi connectivity index (χ4n) is 4.43. The number of nitrogens with zero attached hydrogens (tertiary/aromatic N) is 1. The molecule has 0 saturated carbocycles. The normalized spacial score (nSPS) is 16.7. The Morgan fingerprint density at radius 3 is 2.45 bits per heavy atom. The molecule has 0 radical (unpaired) electrons. The molecule has 31 heavy (non-hydrogen) atoms. The lowest BCUT2D eigenvalue weighted by Crippen LogP contribution is -2.37. The van der Waals surface area contributed by atoms with Crippen molar-refractivity contribution in [3.8, 4) is 5.75 Å². The number of carbonyl (C=O) groups is 2. The molecule has 0 bridgehead atoms. The lowest BCUT2D eigenvalue weighted by Gasteiger charge is -2.20. The Bertz CT molecular complexity index is 923. The summed E-state index contributed by atoms with van der Waals surface area (Å²) in [5, 5.41) is 3.00. The van der Waals surface area contributed by atoms with E-state index in [1.807, 2.05) is 42.2 Å². The summed E-state index contributed by atoms with van der Waals surface area (Å²) in [6, 6.07) is 14.3. The first kappa shape index (κ1) is 21.4. The highest BCUT2D eigenvalue weighted by atomic mass is 16.5. The molecule has 5 heteroatoms.